The molecule has 25 heavy (non-hydrogen) atoms. The van der Waals surface area contributed by atoms with Gasteiger partial charge < -0.3 is 10.3 Å². The van der Waals surface area contributed by atoms with Gasteiger partial charge in [-0.1, -0.05) is 41.9 Å². The minimum atomic E-state index is -1.28. The van der Waals surface area contributed by atoms with Gasteiger partial charge in [0.1, 0.15) is 5.65 Å². The van der Waals surface area contributed by atoms with Crippen LogP contribution in [0, 0.1) is 0 Å². The summed E-state index contributed by atoms with van der Waals surface area (Å²) in [5.41, 5.74) is 2.46. The van der Waals surface area contributed by atoms with Crippen LogP contribution >= 0.6 is 22.9 Å². The summed E-state index contributed by atoms with van der Waals surface area (Å²) in [5.74, 6) is 0. The van der Waals surface area contributed by atoms with Gasteiger partial charge in [-0.3, -0.25) is 0 Å². The molecule has 0 bridgehead atoms. The zero-order chi connectivity index (χ0) is 17.2. The van der Waals surface area contributed by atoms with Crippen LogP contribution in [-0.2, 0) is 6.42 Å². The van der Waals surface area contributed by atoms with Crippen molar-refractivity contribution in [3.63, 3.8) is 0 Å². The Balaban J connectivity index is 1.50. The molecular formula is C18H14ClFN4S. The lowest BCUT2D eigenvalue weighted by atomic mass is 10.1. The van der Waals surface area contributed by atoms with Gasteiger partial charge in [0, 0.05) is 40.8 Å². The van der Waals surface area contributed by atoms with E-state index in [1.807, 2.05) is 30.5 Å². The van der Waals surface area contributed by atoms with Gasteiger partial charge in [-0.05, 0) is 11.6 Å². The highest BCUT2D eigenvalue weighted by molar-refractivity contribution is 7.15. The lowest BCUT2D eigenvalue weighted by molar-refractivity contribution is 0.385. The number of aromatic amines is 1. The highest BCUT2D eigenvalue weighted by atomic mass is 35.5. The summed E-state index contributed by atoms with van der Waals surface area (Å²) in [6, 6.07) is 10.9. The zero-order valence-corrected chi connectivity index (χ0v) is 14.6. The van der Waals surface area contributed by atoms with E-state index in [9.17, 15) is 4.39 Å². The summed E-state index contributed by atoms with van der Waals surface area (Å²) >= 11 is 7.47. The normalized spacial score (nSPS) is 12.4. The number of H-pyrrole nitrogens is 1. The van der Waals surface area contributed by atoms with Gasteiger partial charge in [0.05, 0.1) is 5.02 Å². The predicted molar refractivity (Wildman–Crippen MR) is 99.9 cm³/mol. The van der Waals surface area contributed by atoms with Crippen LogP contribution in [0.25, 0.3) is 11.0 Å². The molecule has 0 fully saturated rings. The number of anilines is 1. The number of hydrogen-bond donors (Lipinski definition) is 2. The van der Waals surface area contributed by atoms with Crippen molar-refractivity contribution in [2.75, 3.05) is 5.32 Å². The fourth-order valence-electron chi connectivity index (χ4n) is 2.64. The Labute approximate surface area is 152 Å². The van der Waals surface area contributed by atoms with Crippen LogP contribution in [-0.4, -0.2) is 15.0 Å². The largest absolute Gasteiger partial charge is 0.346 e. The number of nitrogens with zero attached hydrogens (tertiary/aromatic N) is 2. The first-order chi connectivity index (χ1) is 12.2. The molecule has 2 N–H and O–H groups in total. The Kier molecular flexibility index (Phi) is 4.38. The smallest absolute Gasteiger partial charge is 0.197 e. The van der Waals surface area contributed by atoms with Crippen molar-refractivity contribution in [3.05, 3.63) is 76.0 Å². The standard InChI is InChI=1S/C18H14ClFN4S/c19-13-7-15-12(8-21-17(15)22-9-13)6-14-10-23-18(25-14)24-16(20)11-4-2-1-3-5-11/h1-5,7-10,16H,6H2,(H,21,22)(H,23,24). The molecule has 1 atom stereocenters. The van der Waals surface area contributed by atoms with Crippen LogP contribution in [0.4, 0.5) is 9.52 Å². The number of fused-ring (bicyclic) bond motifs is 1. The van der Waals surface area contributed by atoms with E-state index in [4.69, 9.17) is 11.6 Å². The van der Waals surface area contributed by atoms with E-state index < -0.39 is 6.30 Å². The topological polar surface area (TPSA) is 53.6 Å². The molecular weight excluding hydrogens is 359 g/mol. The van der Waals surface area contributed by atoms with Crippen LogP contribution in [0.5, 0.6) is 0 Å². The van der Waals surface area contributed by atoms with E-state index in [2.05, 4.69) is 20.3 Å². The second-order valence-electron chi connectivity index (χ2n) is 5.59. The van der Waals surface area contributed by atoms with E-state index in [0.29, 0.717) is 22.1 Å². The zero-order valence-electron chi connectivity index (χ0n) is 13.0. The first-order valence-electron chi connectivity index (χ1n) is 7.71. The lowest BCUT2D eigenvalue weighted by Crippen LogP contribution is -2.04. The summed E-state index contributed by atoms with van der Waals surface area (Å²) in [6.45, 7) is 0. The Bertz CT molecular complexity index is 999. The SMILES string of the molecule is FC(Nc1ncc(Cc2c[nH]c3ncc(Cl)cc23)s1)c1ccccc1. The van der Waals surface area contributed by atoms with E-state index in [1.165, 1.54) is 11.3 Å². The van der Waals surface area contributed by atoms with Crippen molar-refractivity contribution in [1.29, 1.82) is 0 Å². The average molecular weight is 373 g/mol. The molecule has 1 unspecified atom stereocenters. The number of thiazole rings is 1. The minimum absolute atomic E-state index is 0.558. The van der Waals surface area contributed by atoms with Crippen LogP contribution < -0.4 is 5.32 Å². The summed E-state index contributed by atoms with van der Waals surface area (Å²) < 4.78 is 14.3. The number of hydrogen-bond acceptors (Lipinski definition) is 4. The van der Waals surface area contributed by atoms with Gasteiger partial charge in [-0.25, -0.2) is 14.4 Å². The number of rotatable bonds is 5. The Hall–Kier alpha value is -2.44. The second-order valence-corrected chi connectivity index (χ2v) is 7.14. The minimum Gasteiger partial charge on any atom is -0.346 e. The molecule has 4 aromatic rings. The van der Waals surface area contributed by atoms with E-state index >= 15 is 0 Å². The van der Waals surface area contributed by atoms with E-state index in [0.717, 1.165) is 21.5 Å². The Morgan fingerprint density at radius 1 is 1.20 bits per heavy atom. The van der Waals surface area contributed by atoms with Crippen LogP contribution in [0.2, 0.25) is 5.02 Å². The van der Waals surface area contributed by atoms with Gasteiger partial charge in [0.25, 0.3) is 0 Å². The molecule has 0 aliphatic carbocycles. The van der Waals surface area contributed by atoms with Crippen molar-refractivity contribution < 1.29 is 4.39 Å². The fourth-order valence-corrected chi connectivity index (χ4v) is 3.64. The lowest BCUT2D eigenvalue weighted by Gasteiger charge is -2.08. The molecule has 126 valence electrons. The van der Waals surface area contributed by atoms with Crippen LogP contribution in [0.1, 0.15) is 22.3 Å². The van der Waals surface area contributed by atoms with E-state index in [1.54, 1.807) is 24.5 Å². The maximum absolute atomic E-state index is 14.3. The number of aromatic nitrogens is 3. The first kappa shape index (κ1) is 16.1. The van der Waals surface area contributed by atoms with Gasteiger partial charge in [-0.2, -0.15) is 0 Å². The van der Waals surface area contributed by atoms with Gasteiger partial charge in [-0.15, -0.1) is 11.3 Å². The summed E-state index contributed by atoms with van der Waals surface area (Å²) in [7, 11) is 0. The molecule has 7 heteroatoms. The molecule has 0 aliphatic rings. The van der Waals surface area contributed by atoms with Gasteiger partial charge in [0.15, 0.2) is 11.4 Å². The average Bonchev–Trinajstić information content (AvgIpc) is 3.23. The van der Waals surface area contributed by atoms with Crippen LogP contribution in [0.3, 0.4) is 0 Å². The maximum Gasteiger partial charge on any atom is 0.197 e. The molecule has 0 aliphatic heterocycles. The third-order valence-electron chi connectivity index (χ3n) is 3.84. The summed E-state index contributed by atoms with van der Waals surface area (Å²) in [6.07, 6.45) is 4.70. The molecule has 0 saturated heterocycles. The third kappa shape index (κ3) is 3.50. The molecule has 0 saturated carbocycles. The molecule has 4 rings (SSSR count). The number of nitrogens with one attached hydrogen (secondary N) is 2. The molecule has 3 aromatic heterocycles. The van der Waals surface area contributed by atoms with Gasteiger partial charge >= 0.3 is 0 Å². The first-order valence-corrected chi connectivity index (χ1v) is 8.90. The monoisotopic (exact) mass is 372 g/mol. The number of alkyl halides is 1. The number of pyridine rings is 1. The Morgan fingerprint density at radius 3 is 2.88 bits per heavy atom. The molecule has 0 spiro atoms. The summed E-state index contributed by atoms with van der Waals surface area (Å²) in [4.78, 5) is 12.7. The third-order valence-corrected chi connectivity index (χ3v) is 4.98. The van der Waals surface area contributed by atoms with Crippen molar-refractivity contribution >= 4 is 39.1 Å². The van der Waals surface area contributed by atoms with Crippen molar-refractivity contribution in [2.24, 2.45) is 0 Å². The molecule has 3 heterocycles. The van der Waals surface area contributed by atoms with Gasteiger partial charge in [0.2, 0.25) is 0 Å². The maximum atomic E-state index is 14.3. The van der Waals surface area contributed by atoms with Crippen LogP contribution in [0.15, 0.2) is 55.0 Å². The number of halogens is 2. The quantitative estimate of drug-likeness (QED) is 0.465. The predicted octanol–water partition coefficient (Wildman–Crippen LogP) is 5.34. The molecule has 1 aromatic carbocycles. The fraction of sp³-hybridized carbons (Fsp3) is 0.111. The van der Waals surface area contributed by atoms with Crippen molar-refractivity contribution in [2.45, 2.75) is 12.7 Å². The highest BCUT2D eigenvalue weighted by Gasteiger charge is 2.13. The highest BCUT2D eigenvalue weighted by Crippen LogP contribution is 2.28. The van der Waals surface area contributed by atoms with Crippen molar-refractivity contribution in [1.82, 2.24) is 15.0 Å². The number of benzene rings is 1. The molecule has 0 amide bonds. The van der Waals surface area contributed by atoms with E-state index in [-0.39, 0.29) is 0 Å². The second kappa shape index (κ2) is 6.82. The summed E-state index contributed by atoms with van der Waals surface area (Å²) in [5, 5.41) is 4.95. The Morgan fingerprint density at radius 2 is 2.04 bits per heavy atom. The molecule has 0 radical (unpaired) electrons. The molecule has 4 nitrogen and oxygen atoms in total. The van der Waals surface area contributed by atoms with Crippen molar-refractivity contribution in [3.8, 4) is 0 Å².